The Morgan fingerprint density at radius 2 is 2.00 bits per heavy atom. The Kier molecular flexibility index (Phi) is 4.37. The molecule has 2 aromatic rings. The zero-order chi connectivity index (χ0) is 15.4. The van der Waals surface area contributed by atoms with Crippen LogP contribution in [0.25, 0.3) is 0 Å². The van der Waals surface area contributed by atoms with E-state index in [-0.39, 0.29) is 17.4 Å². The topological polar surface area (TPSA) is 95.1 Å². The van der Waals surface area contributed by atoms with Crippen LogP contribution in [0.2, 0.25) is 0 Å². The molecule has 0 spiro atoms. The summed E-state index contributed by atoms with van der Waals surface area (Å²) in [6.45, 7) is 3.94. The van der Waals surface area contributed by atoms with E-state index < -0.39 is 11.9 Å². The summed E-state index contributed by atoms with van der Waals surface area (Å²) in [5.74, 6) is -1.71. The van der Waals surface area contributed by atoms with E-state index in [0.717, 1.165) is 11.1 Å². The van der Waals surface area contributed by atoms with Crippen molar-refractivity contribution in [3.8, 4) is 0 Å². The summed E-state index contributed by atoms with van der Waals surface area (Å²) in [5, 5.41) is 11.8. The maximum absolute atomic E-state index is 12.2. The highest BCUT2D eigenvalue weighted by molar-refractivity contribution is 6.02. The standard InChI is InChI=1S/C15H17N3O3/c1-3-11(10-6-4-9(2)5-7-10)18-14(19)12-13(15(20)21)17-8-16-12/h4-8,11H,3H2,1-2H3,(H,16,17)(H,18,19)(H,20,21). The van der Waals surface area contributed by atoms with Crippen LogP contribution in [-0.2, 0) is 0 Å². The van der Waals surface area contributed by atoms with Crippen LogP contribution in [0.5, 0.6) is 0 Å². The summed E-state index contributed by atoms with van der Waals surface area (Å²) in [5.41, 5.74) is 1.81. The molecule has 1 amide bonds. The van der Waals surface area contributed by atoms with E-state index in [1.807, 2.05) is 38.1 Å². The van der Waals surface area contributed by atoms with E-state index in [9.17, 15) is 9.59 Å². The molecule has 1 aromatic carbocycles. The van der Waals surface area contributed by atoms with Crippen LogP contribution in [0.4, 0.5) is 0 Å². The number of carbonyl (C=O) groups excluding carboxylic acids is 1. The van der Waals surface area contributed by atoms with Crippen molar-refractivity contribution < 1.29 is 14.7 Å². The van der Waals surface area contributed by atoms with Crippen LogP contribution in [0, 0.1) is 6.92 Å². The smallest absolute Gasteiger partial charge is 0.354 e. The third kappa shape index (κ3) is 3.28. The molecule has 0 saturated heterocycles. The molecule has 110 valence electrons. The van der Waals surface area contributed by atoms with Crippen LogP contribution in [0.1, 0.15) is 51.5 Å². The summed E-state index contributed by atoms with van der Waals surface area (Å²) in [6, 6.07) is 7.66. The first-order valence-corrected chi connectivity index (χ1v) is 6.67. The van der Waals surface area contributed by atoms with Gasteiger partial charge >= 0.3 is 5.97 Å². The zero-order valence-corrected chi connectivity index (χ0v) is 11.9. The molecule has 1 heterocycles. The number of nitrogens with zero attached hydrogens (tertiary/aromatic N) is 1. The van der Waals surface area contributed by atoms with Crippen LogP contribution in [0.15, 0.2) is 30.6 Å². The number of imidazole rings is 1. The average molecular weight is 287 g/mol. The third-order valence-electron chi connectivity index (χ3n) is 3.26. The number of benzene rings is 1. The monoisotopic (exact) mass is 287 g/mol. The molecule has 3 N–H and O–H groups in total. The number of nitrogens with one attached hydrogen (secondary N) is 2. The Morgan fingerprint density at radius 3 is 2.57 bits per heavy atom. The van der Waals surface area contributed by atoms with Gasteiger partial charge in [0.1, 0.15) is 0 Å². The van der Waals surface area contributed by atoms with Gasteiger partial charge in [-0.3, -0.25) is 4.79 Å². The minimum absolute atomic E-state index is 0.104. The first-order valence-electron chi connectivity index (χ1n) is 6.67. The normalized spacial score (nSPS) is 11.9. The van der Waals surface area contributed by atoms with Gasteiger partial charge in [0.2, 0.25) is 0 Å². The van der Waals surface area contributed by atoms with Gasteiger partial charge in [0.05, 0.1) is 12.4 Å². The summed E-state index contributed by atoms with van der Waals surface area (Å²) < 4.78 is 0. The number of hydrogen-bond acceptors (Lipinski definition) is 3. The average Bonchev–Trinajstić information content (AvgIpc) is 2.95. The van der Waals surface area contributed by atoms with E-state index in [4.69, 9.17) is 5.11 Å². The molecule has 1 unspecified atom stereocenters. The number of aryl methyl sites for hydroxylation is 1. The predicted octanol–water partition coefficient (Wildman–Crippen LogP) is 2.30. The van der Waals surface area contributed by atoms with Crippen molar-refractivity contribution in [1.29, 1.82) is 0 Å². The first-order chi connectivity index (χ1) is 10.0. The van der Waals surface area contributed by atoms with E-state index in [0.29, 0.717) is 6.42 Å². The Labute approximate surface area is 122 Å². The molecule has 6 heteroatoms. The van der Waals surface area contributed by atoms with Gasteiger partial charge in [-0.25, -0.2) is 9.78 Å². The number of aromatic carboxylic acids is 1. The Morgan fingerprint density at radius 1 is 1.33 bits per heavy atom. The molecular formula is C15H17N3O3. The number of aromatic nitrogens is 2. The molecule has 0 radical (unpaired) electrons. The molecule has 6 nitrogen and oxygen atoms in total. The Hall–Kier alpha value is -2.63. The highest BCUT2D eigenvalue weighted by Gasteiger charge is 2.22. The maximum atomic E-state index is 12.2. The first kappa shape index (κ1) is 14.8. The zero-order valence-electron chi connectivity index (χ0n) is 11.9. The summed E-state index contributed by atoms with van der Waals surface area (Å²) in [4.78, 5) is 29.4. The predicted molar refractivity (Wildman–Crippen MR) is 77.2 cm³/mol. The van der Waals surface area contributed by atoms with Gasteiger partial charge in [-0.2, -0.15) is 0 Å². The van der Waals surface area contributed by atoms with Gasteiger partial charge < -0.3 is 15.4 Å². The number of carboxylic acids is 1. The lowest BCUT2D eigenvalue weighted by atomic mass is 10.0. The van der Waals surface area contributed by atoms with Crippen molar-refractivity contribution in [2.45, 2.75) is 26.3 Å². The van der Waals surface area contributed by atoms with E-state index >= 15 is 0 Å². The van der Waals surface area contributed by atoms with E-state index in [1.165, 1.54) is 6.33 Å². The van der Waals surface area contributed by atoms with Crippen LogP contribution in [0.3, 0.4) is 0 Å². The summed E-state index contributed by atoms with van der Waals surface area (Å²) >= 11 is 0. The van der Waals surface area contributed by atoms with Crippen molar-refractivity contribution in [2.24, 2.45) is 0 Å². The van der Waals surface area contributed by atoms with Gasteiger partial charge in [-0.1, -0.05) is 36.8 Å². The molecule has 0 bridgehead atoms. The molecule has 2 rings (SSSR count). The molecule has 21 heavy (non-hydrogen) atoms. The second-order valence-corrected chi connectivity index (χ2v) is 4.78. The molecule has 0 saturated carbocycles. The molecule has 1 atom stereocenters. The fourth-order valence-electron chi connectivity index (χ4n) is 2.08. The molecular weight excluding hydrogens is 270 g/mol. The highest BCUT2D eigenvalue weighted by Crippen LogP contribution is 2.18. The van der Waals surface area contributed by atoms with Crippen molar-refractivity contribution in [2.75, 3.05) is 0 Å². The van der Waals surface area contributed by atoms with Crippen LogP contribution >= 0.6 is 0 Å². The van der Waals surface area contributed by atoms with Gasteiger partial charge in [0.15, 0.2) is 11.4 Å². The largest absolute Gasteiger partial charge is 0.477 e. The second kappa shape index (κ2) is 6.21. The van der Waals surface area contributed by atoms with Gasteiger partial charge in [0.25, 0.3) is 5.91 Å². The van der Waals surface area contributed by atoms with E-state index in [1.54, 1.807) is 0 Å². The minimum Gasteiger partial charge on any atom is -0.477 e. The highest BCUT2D eigenvalue weighted by atomic mass is 16.4. The lowest BCUT2D eigenvalue weighted by Gasteiger charge is -2.17. The SMILES string of the molecule is CCC(NC(=O)c1nc[nH]c1C(=O)O)c1ccc(C)cc1. The lowest BCUT2D eigenvalue weighted by molar-refractivity contribution is 0.0684. The summed E-state index contributed by atoms with van der Waals surface area (Å²) in [6.07, 6.45) is 1.90. The van der Waals surface area contributed by atoms with Crippen molar-refractivity contribution in [3.05, 3.63) is 53.1 Å². The number of hydrogen-bond donors (Lipinski definition) is 3. The van der Waals surface area contributed by atoms with Gasteiger partial charge in [0, 0.05) is 0 Å². The lowest BCUT2D eigenvalue weighted by Crippen LogP contribution is -2.29. The van der Waals surface area contributed by atoms with E-state index in [2.05, 4.69) is 15.3 Å². The van der Waals surface area contributed by atoms with Crippen LogP contribution in [-0.4, -0.2) is 27.0 Å². The minimum atomic E-state index is -1.21. The number of rotatable bonds is 5. The van der Waals surface area contributed by atoms with Gasteiger partial charge in [-0.15, -0.1) is 0 Å². The van der Waals surface area contributed by atoms with Crippen LogP contribution < -0.4 is 5.32 Å². The second-order valence-electron chi connectivity index (χ2n) is 4.78. The number of amides is 1. The third-order valence-corrected chi connectivity index (χ3v) is 3.26. The number of aromatic amines is 1. The number of H-pyrrole nitrogens is 1. The Balaban J connectivity index is 2.18. The van der Waals surface area contributed by atoms with Crippen molar-refractivity contribution in [3.63, 3.8) is 0 Å². The molecule has 0 aliphatic rings. The Bertz CT molecular complexity index is 646. The molecule has 1 aromatic heterocycles. The van der Waals surface area contributed by atoms with Crippen molar-refractivity contribution in [1.82, 2.24) is 15.3 Å². The molecule has 0 aliphatic carbocycles. The fourth-order valence-corrected chi connectivity index (χ4v) is 2.08. The van der Waals surface area contributed by atoms with Crippen molar-refractivity contribution >= 4 is 11.9 Å². The number of carbonyl (C=O) groups is 2. The molecule has 0 fully saturated rings. The quantitative estimate of drug-likeness (QED) is 0.786. The maximum Gasteiger partial charge on any atom is 0.354 e. The fraction of sp³-hybridized carbons (Fsp3) is 0.267. The number of carboxylic acid groups (broad SMARTS) is 1. The van der Waals surface area contributed by atoms with Gasteiger partial charge in [-0.05, 0) is 18.9 Å². The molecule has 0 aliphatic heterocycles. The summed E-state index contributed by atoms with van der Waals surface area (Å²) in [7, 11) is 0.